The van der Waals surface area contributed by atoms with Crippen LogP contribution in [-0.4, -0.2) is 61.8 Å². The Bertz CT molecular complexity index is 215. The maximum Gasteiger partial charge on any atom is 0.319 e. The molecule has 0 aromatic rings. The summed E-state index contributed by atoms with van der Waals surface area (Å²) in [7, 11) is 1.83. The highest BCUT2D eigenvalue weighted by molar-refractivity contribution is 5.74. The van der Waals surface area contributed by atoms with Gasteiger partial charge in [-0.1, -0.05) is 0 Å². The van der Waals surface area contributed by atoms with Crippen LogP contribution in [0.4, 0.5) is 4.79 Å². The van der Waals surface area contributed by atoms with Crippen LogP contribution in [0.15, 0.2) is 0 Å². The van der Waals surface area contributed by atoms with Gasteiger partial charge in [0.25, 0.3) is 0 Å². The summed E-state index contributed by atoms with van der Waals surface area (Å²) >= 11 is 0. The number of carbonyl (C=O) groups excluding carboxylic acids is 1. The number of rotatable bonds is 4. The third-order valence-corrected chi connectivity index (χ3v) is 2.98. The van der Waals surface area contributed by atoms with Crippen molar-refractivity contribution in [3.8, 4) is 0 Å². The number of hydrogen-bond donors (Lipinski definition) is 1. The number of amides is 2. The molecular formula is C11H23N3O2. The number of ether oxygens (including phenoxy) is 1. The molecule has 16 heavy (non-hydrogen) atoms. The van der Waals surface area contributed by atoms with Gasteiger partial charge in [-0.3, -0.25) is 0 Å². The van der Waals surface area contributed by atoms with Crippen molar-refractivity contribution in [2.24, 2.45) is 5.73 Å². The lowest BCUT2D eigenvalue weighted by atomic mass is 10.1. The third-order valence-electron chi connectivity index (χ3n) is 2.98. The van der Waals surface area contributed by atoms with E-state index in [0.717, 1.165) is 32.5 Å². The van der Waals surface area contributed by atoms with Crippen LogP contribution in [0.2, 0.25) is 0 Å². The van der Waals surface area contributed by atoms with Gasteiger partial charge >= 0.3 is 6.03 Å². The molecule has 2 N–H and O–H groups in total. The molecule has 1 fully saturated rings. The molecule has 1 aliphatic rings. The number of urea groups is 1. The summed E-state index contributed by atoms with van der Waals surface area (Å²) in [5.74, 6) is 0. The van der Waals surface area contributed by atoms with Gasteiger partial charge in [-0.25, -0.2) is 4.79 Å². The monoisotopic (exact) mass is 229 g/mol. The molecule has 0 spiro atoms. The topological polar surface area (TPSA) is 58.8 Å². The summed E-state index contributed by atoms with van der Waals surface area (Å²) in [4.78, 5) is 15.5. The number of nitrogens with two attached hydrogens (primary N) is 1. The summed E-state index contributed by atoms with van der Waals surface area (Å²) in [6.45, 7) is 5.50. The zero-order valence-corrected chi connectivity index (χ0v) is 10.3. The van der Waals surface area contributed by atoms with Crippen molar-refractivity contribution in [1.82, 2.24) is 9.80 Å². The Labute approximate surface area is 97.5 Å². The Kier molecular flexibility index (Phi) is 5.55. The lowest BCUT2D eigenvalue weighted by molar-refractivity contribution is 0.0164. The van der Waals surface area contributed by atoms with Crippen LogP contribution >= 0.6 is 0 Å². The Morgan fingerprint density at radius 2 is 2.12 bits per heavy atom. The van der Waals surface area contributed by atoms with Crippen molar-refractivity contribution in [3.05, 3.63) is 0 Å². The van der Waals surface area contributed by atoms with Gasteiger partial charge in [-0.05, 0) is 19.8 Å². The highest BCUT2D eigenvalue weighted by Crippen LogP contribution is 2.14. The van der Waals surface area contributed by atoms with E-state index in [4.69, 9.17) is 10.5 Å². The maximum atomic E-state index is 11.8. The molecule has 5 nitrogen and oxygen atoms in total. The van der Waals surface area contributed by atoms with Crippen LogP contribution in [0.5, 0.6) is 0 Å². The summed E-state index contributed by atoms with van der Waals surface area (Å²) in [6, 6.07) is 0.125. The highest BCUT2D eigenvalue weighted by Gasteiger charge is 2.24. The Balaban J connectivity index is 2.28. The third kappa shape index (κ3) is 3.64. The molecule has 1 saturated heterocycles. The normalized spacial score (nSPS) is 17.6. The van der Waals surface area contributed by atoms with Crippen LogP contribution in [0, 0.1) is 0 Å². The molecule has 5 heteroatoms. The number of likely N-dealkylation sites (tertiary alicyclic amines) is 1. The van der Waals surface area contributed by atoms with E-state index in [1.54, 1.807) is 4.90 Å². The average molecular weight is 229 g/mol. The van der Waals surface area contributed by atoms with Gasteiger partial charge in [0, 0.05) is 33.2 Å². The molecule has 0 unspecified atom stereocenters. The molecule has 1 rings (SSSR count). The van der Waals surface area contributed by atoms with Crippen LogP contribution < -0.4 is 5.73 Å². The minimum atomic E-state index is 0.125. The number of hydrogen-bond acceptors (Lipinski definition) is 3. The quantitative estimate of drug-likeness (QED) is 0.763. The van der Waals surface area contributed by atoms with Gasteiger partial charge in [-0.2, -0.15) is 0 Å². The summed E-state index contributed by atoms with van der Waals surface area (Å²) in [5.41, 5.74) is 5.38. The Morgan fingerprint density at radius 3 is 2.62 bits per heavy atom. The second-order valence-electron chi connectivity index (χ2n) is 4.14. The number of piperidine rings is 1. The zero-order chi connectivity index (χ0) is 12.0. The minimum Gasteiger partial charge on any atom is -0.377 e. The molecule has 94 valence electrons. The Morgan fingerprint density at radius 1 is 1.50 bits per heavy atom. The molecule has 0 bridgehead atoms. The van der Waals surface area contributed by atoms with Gasteiger partial charge in [0.05, 0.1) is 12.7 Å². The van der Waals surface area contributed by atoms with Gasteiger partial charge in [0.2, 0.25) is 0 Å². The molecule has 0 atom stereocenters. The van der Waals surface area contributed by atoms with E-state index in [1.165, 1.54) is 0 Å². The zero-order valence-electron chi connectivity index (χ0n) is 10.3. The lowest BCUT2D eigenvalue weighted by Gasteiger charge is -2.34. The summed E-state index contributed by atoms with van der Waals surface area (Å²) < 4.78 is 5.57. The largest absolute Gasteiger partial charge is 0.377 e. The van der Waals surface area contributed by atoms with Crippen LogP contribution in [0.25, 0.3) is 0 Å². The van der Waals surface area contributed by atoms with Gasteiger partial charge in [-0.15, -0.1) is 0 Å². The van der Waals surface area contributed by atoms with E-state index < -0.39 is 0 Å². The molecule has 1 aliphatic heterocycles. The lowest BCUT2D eigenvalue weighted by Crippen LogP contribution is -2.46. The first-order valence-corrected chi connectivity index (χ1v) is 6.00. The van der Waals surface area contributed by atoms with Crippen LogP contribution in [0.1, 0.15) is 19.8 Å². The van der Waals surface area contributed by atoms with E-state index in [9.17, 15) is 4.79 Å². The van der Waals surface area contributed by atoms with E-state index in [0.29, 0.717) is 13.2 Å². The molecule has 0 aromatic carbocycles. The van der Waals surface area contributed by atoms with E-state index in [1.807, 2.05) is 18.9 Å². The Hall–Kier alpha value is -0.810. The van der Waals surface area contributed by atoms with Crippen molar-refractivity contribution < 1.29 is 9.53 Å². The molecule has 0 saturated carbocycles. The van der Waals surface area contributed by atoms with Gasteiger partial charge in [0.1, 0.15) is 0 Å². The molecule has 0 radical (unpaired) electrons. The van der Waals surface area contributed by atoms with Crippen LogP contribution in [0.3, 0.4) is 0 Å². The standard InChI is InChI=1S/C11H23N3O2/c1-3-13(2)11(15)14-7-4-10(5-8-14)16-9-6-12/h10H,3-9,12H2,1-2H3. The summed E-state index contributed by atoms with van der Waals surface area (Å²) in [6.07, 6.45) is 2.12. The predicted molar refractivity (Wildman–Crippen MR) is 63.3 cm³/mol. The van der Waals surface area contributed by atoms with E-state index in [-0.39, 0.29) is 12.1 Å². The second-order valence-corrected chi connectivity index (χ2v) is 4.14. The fourth-order valence-electron chi connectivity index (χ4n) is 1.83. The van der Waals surface area contributed by atoms with Crippen molar-refractivity contribution in [3.63, 3.8) is 0 Å². The fraction of sp³-hybridized carbons (Fsp3) is 0.909. The average Bonchev–Trinajstić information content (AvgIpc) is 2.35. The highest BCUT2D eigenvalue weighted by atomic mass is 16.5. The van der Waals surface area contributed by atoms with Crippen molar-refractivity contribution >= 4 is 6.03 Å². The first-order chi connectivity index (χ1) is 7.69. The van der Waals surface area contributed by atoms with Crippen molar-refractivity contribution in [1.29, 1.82) is 0 Å². The molecule has 2 amide bonds. The summed E-state index contributed by atoms with van der Waals surface area (Å²) in [5, 5.41) is 0. The van der Waals surface area contributed by atoms with Crippen molar-refractivity contribution in [2.45, 2.75) is 25.9 Å². The van der Waals surface area contributed by atoms with E-state index >= 15 is 0 Å². The predicted octanol–water partition coefficient (Wildman–Crippen LogP) is 0.498. The first-order valence-electron chi connectivity index (χ1n) is 6.00. The minimum absolute atomic E-state index is 0.125. The SMILES string of the molecule is CCN(C)C(=O)N1CCC(OCCN)CC1. The van der Waals surface area contributed by atoms with Gasteiger partial charge < -0.3 is 20.3 Å². The number of carbonyl (C=O) groups is 1. The van der Waals surface area contributed by atoms with Gasteiger partial charge in [0.15, 0.2) is 0 Å². The fourth-order valence-corrected chi connectivity index (χ4v) is 1.83. The number of nitrogens with zero attached hydrogens (tertiary/aromatic N) is 2. The molecular weight excluding hydrogens is 206 g/mol. The molecule has 0 aromatic heterocycles. The smallest absolute Gasteiger partial charge is 0.319 e. The van der Waals surface area contributed by atoms with Crippen LogP contribution in [-0.2, 0) is 4.74 Å². The molecule has 0 aliphatic carbocycles. The second kappa shape index (κ2) is 6.70. The maximum absolute atomic E-state index is 11.8. The van der Waals surface area contributed by atoms with E-state index in [2.05, 4.69) is 0 Å². The molecule has 1 heterocycles. The first kappa shape index (κ1) is 13.3. The van der Waals surface area contributed by atoms with Crippen molar-refractivity contribution in [2.75, 3.05) is 39.8 Å².